The first-order chi connectivity index (χ1) is 14.5. The molecule has 1 N–H and O–H groups in total. The van der Waals surface area contributed by atoms with Crippen molar-refractivity contribution < 1.29 is 19.1 Å². The van der Waals surface area contributed by atoms with E-state index in [4.69, 9.17) is 9.47 Å². The highest BCUT2D eigenvalue weighted by atomic mass is 79.9. The van der Waals surface area contributed by atoms with E-state index in [2.05, 4.69) is 26.1 Å². The molecule has 0 atom stereocenters. The number of piperazine rings is 1. The highest BCUT2D eigenvalue weighted by Crippen LogP contribution is 2.25. The van der Waals surface area contributed by atoms with Gasteiger partial charge in [0.1, 0.15) is 12.4 Å². The molecule has 1 saturated heterocycles. The highest BCUT2D eigenvalue weighted by Gasteiger charge is 2.21. The molecule has 0 spiro atoms. The number of amides is 2. The molecule has 1 aliphatic heterocycles. The van der Waals surface area contributed by atoms with E-state index in [-0.39, 0.29) is 11.8 Å². The number of methoxy groups -OCH3 is 1. The third kappa shape index (κ3) is 5.81. The second-order valence-corrected chi connectivity index (χ2v) is 8.03. The Bertz CT molecular complexity index is 898. The first kappa shape index (κ1) is 22.3. The van der Waals surface area contributed by atoms with Crippen molar-refractivity contribution in [3.8, 4) is 5.75 Å². The SMILES string of the molecule is COCCOc1ccc(Br)cc1C(=O)Nc1cccc(C(=O)N2CCN(C)CC2)c1. The van der Waals surface area contributed by atoms with Gasteiger partial charge in [-0.15, -0.1) is 0 Å². The van der Waals surface area contributed by atoms with Crippen LogP contribution in [0.4, 0.5) is 5.69 Å². The maximum Gasteiger partial charge on any atom is 0.259 e. The van der Waals surface area contributed by atoms with E-state index < -0.39 is 0 Å². The molecule has 1 aliphatic rings. The predicted molar refractivity (Wildman–Crippen MR) is 119 cm³/mol. The number of likely N-dealkylation sites (N-methyl/N-ethyl adjacent to an activating group) is 1. The third-order valence-corrected chi connectivity index (χ3v) is 5.38. The molecule has 0 bridgehead atoms. The summed E-state index contributed by atoms with van der Waals surface area (Å²) in [6.45, 7) is 3.88. The van der Waals surface area contributed by atoms with Gasteiger partial charge < -0.3 is 24.6 Å². The number of anilines is 1. The maximum absolute atomic E-state index is 12.9. The Hall–Kier alpha value is -2.42. The Balaban J connectivity index is 1.72. The molecule has 0 aromatic heterocycles. The number of halogens is 1. The van der Waals surface area contributed by atoms with E-state index in [1.807, 2.05) is 18.0 Å². The predicted octanol–water partition coefficient (Wildman–Crippen LogP) is 3.11. The largest absolute Gasteiger partial charge is 0.490 e. The van der Waals surface area contributed by atoms with E-state index in [1.165, 1.54) is 0 Å². The van der Waals surface area contributed by atoms with Crippen LogP contribution in [0.1, 0.15) is 20.7 Å². The Morgan fingerprint density at radius 3 is 2.57 bits per heavy atom. The van der Waals surface area contributed by atoms with Crippen LogP contribution >= 0.6 is 15.9 Å². The van der Waals surface area contributed by atoms with Gasteiger partial charge in [-0.3, -0.25) is 9.59 Å². The van der Waals surface area contributed by atoms with Crippen LogP contribution in [0.3, 0.4) is 0 Å². The van der Waals surface area contributed by atoms with Crippen molar-refractivity contribution in [3.05, 3.63) is 58.1 Å². The lowest BCUT2D eigenvalue weighted by Gasteiger charge is -2.32. The van der Waals surface area contributed by atoms with E-state index >= 15 is 0 Å². The fourth-order valence-electron chi connectivity index (χ4n) is 3.16. The number of ether oxygens (including phenoxy) is 2. The normalized spacial score (nSPS) is 14.4. The molecule has 0 aliphatic carbocycles. The summed E-state index contributed by atoms with van der Waals surface area (Å²) in [4.78, 5) is 29.8. The molecule has 0 radical (unpaired) electrons. The molecule has 30 heavy (non-hydrogen) atoms. The van der Waals surface area contributed by atoms with Crippen LogP contribution in [-0.2, 0) is 4.74 Å². The average molecular weight is 476 g/mol. The van der Waals surface area contributed by atoms with Crippen molar-refractivity contribution in [2.24, 2.45) is 0 Å². The van der Waals surface area contributed by atoms with Gasteiger partial charge in [-0.25, -0.2) is 0 Å². The van der Waals surface area contributed by atoms with Crippen LogP contribution in [0.5, 0.6) is 5.75 Å². The zero-order valence-corrected chi connectivity index (χ0v) is 18.8. The van der Waals surface area contributed by atoms with Crippen molar-refractivity contribution in [2.75, 3.05) is 58.9 Å². The van der Waals surface area contributed by atoms with Gasteiger partial charge in [0.25, 0.3) is 11.8 Å². The summed E-state index contributed by atoms with van der Waals surface area (Å²) < 4.78 is 11.4. The Morgan fingerprint density at radius 2 is 1.83 bits per heavy atom. The van der Waals surface area contributed by atoms with Gasteiger partial charge in [-0.1, -0.05) is 22.0 Å². The Kier molecular flexibility index (Phi) is 7.84. The summed E-state index contributed by atoms with van der Waals surface area (Å²) in [6.07, 6.45) is 0. The number of hydrogen-bond donors (Lipinski definition) is 1. The quantitative estimate of drug-likeness (QED) is 0.622. The van der Waals surface area contributed by atoms with Crippen LogP contribution in [0.25, 0.3) is 0 Å². The molecule has 160 valence electrons. The smallest absolute Gasteiger partial charge is 0.259 e. The van der Waals surface area contributed by atoms with Gasteiger partial charge in [0.15, 0.2) is 0 Å². The monoisotopic (exact) mass is 475 g/mol. The van der Waals surface area contributed by atoms with Gasteiger partial charge in [0, 0.05) is 49.0 Å². The first-order valence-electron chi connectivity index (χ1n) is 9.78. The van der Waals surface area contributed by atoms with Crippen molar-refractivity contribution in [1.82, 2.24) is 9.80 Å². The lowest BCUT2D eigenvalue weighted by molar-refractivity contribution is 0.0664. The zero-order chi connectivity index (χ0) is 21.5. The standard InChI is InChI=1S/C22H26BrN3O4/c1-25-8-10-26(11-9-25)22(28)16-4-3-5-18(14-16)24-21(27)19-15-17(23)6-7-20(19)30-13-12-29-2/h3-7,14-15H,8-13H2,1-2H3,(H,24,27). The average Bonchev–Trinajstić information content (AvgIpc) is 2.75. The fraction of sp³-hybridized carbons (Fsp3) is 0.364. The van der Waals surface area contributed by atoms with Crippen molar-refractivity contribution in [1.29, 1.82) is 0 Å². The number of nitrogens with one attached hydrogen (secondary N) is 1. The van der Waals surface area contributed by atoms with Crippen molar-refractivity contribution in [3.63, 3.8) is 0 Å². The van der Waals surface area contributed by atoms with Gasteiger partial charge in [-0.2, -0.15) is 0 Å². The Morgan fingerprint density at radius 1 is 1.07 bits per heavy atom. The zero-order valence-electron chi connectivity index (χ0n) is 17.2. The molecule has 8 heteroatoms. The minimum absolute atomic E-state index is 0.0229. The van der Waals surface area contributed by atoms with E-state index in [1.54, 1.807) is 43.5 Å². The summed E-state index contributed by atoms with van der Waals surface area (Å²) in [6, 6.07) is 12.3. The number of carbonyl (C=O) groups is 2. The topological polar surface area (TPSA) is 71.1 Å². The van der Waals surface area contributed by atoms with E-state index in [0.717, 1.165) is 17.6 Å². The highest BCUT2D eigenvalue weighted by molar-refractivity contribution is 9.10. The molecular weight excluding hydrogens is 450 g/mol. The molecule has 0 saturated carbocycles. The lowest BCUT2D eigenvalue weighted by Crippen LogP contribution is -2.47. The number of rotatable bonds is 7. The maximum atomic E-state index is 12.9. The van der Waals surface area contributed by atoms with Crippen LogP contribution < -0.4 is 10.1 Å². The fourth-order valence-corrected chi connectivity index (χ4v) is 3.52. The van der Waals surface area contributed by atoms with Crippen LogP contribution in [0.15, 0.2) is 46.9 Å². The Labute approximate surface area is 185 Å². The summed E-state index contributed by atoms with van der Waals surface area (Å²) in [5.74, 6) is 0.135. The molecule has 1 heterocycles. The molecule has 0 unspecified atom stereocenters. The minimum Gasteiger partial charge on any atom is -0.490 e. The number of carbonyl (C=O) groups excluding carboxylic acids is 2. The van der Waals surface area contributed by atoms with Gasteiger partial charge in [0.2, 0.25) is 0 Å². The van der Waals surface area contributed by atoms with Crippen molar-refractivity contribution in [2.45, 2.75) is 0 Å². The number of benzene rings is 2. The molecule has 2 aromatic rings. The first-order valence-corrected chi connectivity index (χ1v) is 10.6. The molecule has 2 amide bonds. The molecule has 7 nitrogen and oxygen atoms in total. The number of nitrogens with zero attached hydrogens (tertiary/aromatic N) is 2. The van der Waals surface area contributed by atoms with Gasteiger partial charge in [-0.05, 0) is 43.4 Å². The summed E-state index contributed by atoms with van der Waals surface area (Å²) in [7, 11) is 3.64. The molecule has 1 fully saturated rings. The lowest BCUT2D eigenvalue weighted by atomic mass is 10.1. The van der Waals surface area contributed by atoms with Crippen molar-refractivity contribution >= 4 is 33.4 Å². The summed E-state index contributed by atoms with van der Waals surface area (Å²) >= 11 is 3.40. The summed E-state index contributed by atoms with van der Waals surface area (Å²) in [5, 5.41) is 2.87. The molecule has 3 rings (SSSR count). The van der Waals surface area contributed by atoms with E-state index in [0.29, 0.717) is 48.9 Å². The van der Waals surface area contributed by atoms with Gasteiger partial charge >= 0.3 is 0 Å². The van der Waals surface area contributed by atoms with Crippen LogP contribution in [0, 0.1) is 0 Å². The second-order valence-electron chi connectivity index (χ2n) is 7.11. The van der Waals surface area contributed by atoms with Crippen LogP contribution in [0.2, 0.25) is 0 Å². The molecular formula is C22H26BrN3O4. The third-order valence-electron chi connectivity index (χ3n) is 4.89. The van der Waals surface area contributed by atoms with Gasteiger partial charge in [0.05, 0.1) is 12.2 Å². The van der Waals surface area contributed by atoms with E-state index in [9.17, 15) is 9.59 Å². The van der Waals surface area contributed by atoms with Crippen LogP contribution in [-0.4, -0.2) is 75.2 Å². The number of hydrogen-bond acceptors (Lipinski definition) is 5. The minimum atomic E-state index is -0.312. The summed E-state index contributed by atoms with van der Waals surface area (Å²) in [5.41, 5.74) is 1.52. The molecule has 2 aromatic carbocycles. The second kappa shape index (κ2) is 10.6.